The largest absolute Gasteiger partial charge is 0.503 e. The second-order valence-corrected chi connectivity index (χ2v) is 6.35. The van der Waals surface area contributed by atoms with Gasteiger partial charge in [0.05, 0.1) is 11.8 Å². The van der Waals surface area contributed by atoms with Gasteiger partial charge in [-0.3, -0.25) is 9.59 Å². The Morgan fingerprint density at radius 1 is 1.43 bits per heavy atom. The topological polar surface area (TPSA) is 74.0 Å². The Bertz CT molecular complexity index is 602. The number of nitrogens with zero attached hydrogens (tertiary/aromatic N) is 2. The zero-order chi connectivity index (χ0) is 17.1. The van der Waals surface area contributed by atoms with Crippen molar-refractivity contribution >= 4 is 11.7 Å². The molecular weight excluding hydrogens is 296 g/mol. The first kappa shape index (κ1) is 17.3. The molecule has 0 spiro atoms. The van der Waals surface area contributed by atoms with Crippen LogP contribution < -0.4 is 0 Å². The molecule has 0 aromatic carbocycles. The number of amides is 1. The van der Waals surface area contributed by atoms with Crippen molar-refractivity contribution in [1.82, 2.24) is 9.80 Å². The Labute approximate surface area is 136 Å². The molecule has 126 valence electrons. The maximum Gasteiger partial charge on any atom is 0.290 e. The van der Waals surface area contributed by atoms with Crippen molar-refractivity contribution in [2.45, 2.75) is 26.3 Å². The van der Waals surface area contributed by atoms with Crippen LogP contribution in [0, 0.1) is 5.92 Å². The van der Waals surface area contributed by atoms with E-state index in [0.717, 1.165) is 13.0 Å². The number of Topliss-reactive ketones (excluding diaryl/α,β-unsaturated/α-hetero) is 1. The summed E-state index contributed by atoms with van der Waals surface area (Å²) < 4.78 is 5.43. The smallest absolute Gasteiger partial charge is 0.290 e. The molecule has 0 saturated heterocycles. The summed E-state index contributed by atoms with van der Waals surface area (Å²) in [6.07, 6.45) is 2.25. The van der Waals surface area contributed by atoms with Gasteiger partial charge >= 0.3 is 0 Å². The minimum atomic E-state index is -0.644. The maximum atomic E-state index is 12.5. The molecule has 0 saturated carbocycles. The van der Waals surface area contributed by atoms with Gasteiger partial charge < -0.3 is 19.3 Å². The minimum Gasteiger partial charge on any atom is -0.503 e. The molecule has 1 unspecified atom stereocenters. The molecule has 2 rings (SSSR count). The summed E-state index contributed by atoms with van der Waals surface area (Å²) in [5.74, 6) is -0.994. The lowest BCUT2D eigenvalue weighted by molar-refractivity contribution is -0.129. The molecule has 1 amide bonds. The SMILES string of the molecule is CC(C)C(=O)C1=C(O)C(=O)N(CCCN(C)C)C1c1ccco1. The van der Waals surface area contributed by atoms with Crippen LogP contribution in [0.5, 0.6) is 0 Å². The summed E-state index contributed by atoms with van der Waals surface area (Å²) >= 11 is 0. The molecule has 1 N–H and O–H groups in total. The predicted molar refractivity (Wildman–Crippen MR) is 85.8 cm³/mol. The van der Waals surface area contributed by atoms with Crippen molar-refractivity contribution in [3.8, 4) is 0 Å². The van der Waals surface area contributed by atoms with Gasteiger partial charge in [0.1, 0.15) is 11.8 Å². The second-order valence-electron chi connectivity index (χ2n) is 6.35. The Morgan fingerprint density at radius 2 is 2.13 bits per heavy atom. The monoisotopic (exact) mass is 320 g/mol. The Hall–Kier alpha value is -2.08. The third kappa shape index (κ3) is 3.47. The molecule has 1 aromatic heterocycles. The van der Waals surface area contributed by atoms with Crippen LogP contribution in [0.1, 0.15) is 32.1 Å². The number of ketones is 1. The number of aliphatic hydroxyl groups is 1. The lowest BCUT2D eigenvalue weighted by Crippen LogP contribution is -2.33. The first-order chi connectivity index (χ1) is 10.8. The maximum absolute atomic E-state index is 12.5. The number of hydrogen-bond acceptors (Lipinski definition) is 5. The Kier molecular flexibility index (Phi) is 5.26. The van der Waals surface area contributed by atoms with Crippen LogP contribution in [0.2, 0.25) is 0 Å². The van der Waals surface area contributed by atoms with E-state index in [2.05, 4.69) is 0 Å². The lowest BCUT2D eigenvalue weighted by Gasteiger charge is -2.25. The zero-order valence-corrected chi connectivity index (χ0v) is 14.1. The van der Waals surface area contributed by atoms with E-state index in [1.165, 1.54) is 11.2 Å². The van der Waals surface area contributed by atoms with E-state index < -0.39 is 17.7 Å². The van der Waals surface area contributed by atoms with E-state index in [1.807, 2.05) is 19.0 Å². The number of rotatable bonds is 7. The van der Waals surface area contributed by atoms with Crippen LogP contribution >= 0.6 is 0 Å². The molecule has 1 aromatic rings. The normalized spacial score (nSPS) is 18.6. The van der Waals surface area contributed by atoms with E-state index in [-0.39, 0.29) is 17.3 Å². The predicted octanol–water partition coefficient (Wildman–Crippen LogP) is 2.15. The first-order valence-corrected chi connectivity index (χ1v) is 7.81. The number of carbonyl (C=O) groups excluding carboxylic acids is 2. The fraction of sp³-hybridized carbons (Fsp3) is 0.529. The first-order valence-electron chi connectivity index (χ1n) is 7.81. The average molecular weight is 320 g/mol. The van der Waals surface area contributed by atoms with Crippen molar-refractivity contribution < 1.29 is 19.1 Å². The average Bonchev–Trinajstić information content (AvgIpc) is 3.08. The van der Waals surface area contributed by atoms with Crippen LogP contribution in [0.3, 0.4) is 0 Å². The molecule has 0 fully saturated rings. The molecule has 6 nitrogen and oxygen atoms in total. The highest BCUT2D eigenvalue weighted by Gasteiger charge is 2.44. The highest BCUT2D eigenvalue weighted by atomic mass is 16.3. The van der Waals surface area contributed by atoms with Crippen LogP contribution in [0.25, 0.3) is 0 Å². The summed E-state index contributed by atoms with van der Waals surface area (Å²) in [7, 11) is 3.92. The number of aliphatic hydroxyl groups excluding tert-OH is 1. The Balaban J connectivity index is 2.33. The van der Waals surface area contributed by atoms with Gasteiger partial charge in [0.25, 0.3) is 5.91 Å². The molecule has 1 aliphatic heterocycles. The van der Waals surface area contributed by atoms with Gasteiger partial charge in [-0.05, 0) is 39.2 Å². The summed E-state index contributed by atoms with van der Waals surface area (Å²) in [4.78, 5) is 28.5. The zero-order valence-electron chi connectivity index (χ0n) is 14.1. The molecule has 1 aliphatic rings. The molecule has 0 bridgehead atoms. The molecule has 2 heterocycles. The third-order valence-corrected chi connectivity index (χ3v) is 3.91. The number of furan rings is 1. The highest BCUT2D eigenvalue weighted by Crippen LogP contribution is 2.38. The van der Waals surface area contributed by atoms with Gasteiger partial charge in [0, 0.05) is 12.5 Å². The Morgan fingerprint density at radius 3 is 2.65 bits per heavy atom. The van der Waals surface area contributed by atoms with Gasteiger partial charge in [-0.2, -0.15) is 0 Å². The van der Waals surface area contributed by atoms with E-state index in [1.54, 1.807) is 26.0 Å². The molecule has 0 aliphatic carbocycles. The van der Waals surface area contributed by atoms with Crippen molar-refractivity contribution in [3.63, 3.8) is 0 Å². The van der Waals surface area contributed by atoms with E-state index in [0.29, 0.717) is 12.3 Å². The van der Waals surface area contributed by atoms with Gasteiger partial charge in [-0.25, -0.2) is 0 Å². The number of carbonyl (C=O) groups is 2. The second kappa shape index (κ2) is 7.00. The van der Waals surface area contributed by atoms with E-state index in [4.69, 9.17) is 4.42 Å². The van der Waals surface area contributed by atoms with Gasteiger partial charge in [-0.15, -0.1) is 0 Å². The van der Waals surface area contributed by atoms with Gasteiger partial charge in [0.2, 0.25) is 0 Å². The third-order valence-electron chi connectivity index (χ3n) is 3.91. The summed E-state index contributed by atoms with van der Waals surface area (Å²) in [6, 6.07) is 2.79. The van der Waals surface area contributed by atoms with Gasteiger partial charge in [-0.1, -0.05) is 13.8 Å². The minimum absolute atomic E-state index is 0.143. The van der Waals surface area contributed by atoms with Crippen LogP contribution in [-0.4, -0.2) is 53.8 Å². The van der Waals surface area contributed by atoms with Gasteiger partial charge in [0.15, 0.2) is 11.5 Å². The number of hydrogen-bond donors (Lipinski definition) is 1. The van der Waals surface area contributed by atoms with Crippen molar-refractivity contribution in [2.75, 3.05) is 27.2 Å². The molecular formula is C17H24N2O4. The van der Waals surface area contributed by atoms with Crippen LogP contribution in [0.4, 0.5) is 0 Å². The quantitative estimate of drug-likeness (QED) is 0.833. The molecule has 6 heteroatoms. The molecule has 0 radical (unpaired) electrons. The highest BCUT2D eigenvalue weighted by molar-refractivity contribution is 6.09. The van der Waals surface area contributed by atoms with Crippen molar-refractivity contribution in [3.05, 3.63) is 35.5 Å². The van der Waals surface area contributed by atoms with Crippen molar-refractivity contribution in [1.29, 1.82) is 0 Å². The van der Waals surface area contributed by atoms with Crippen LogP contribution in [0.15, 0.2) is 34.1 Å². The lowest BCUT2D eigenvalue weighted by atomic mass is 9.94. The fourth-order valence-electron chi connectivity index (χ4n) is 2.75. The van der Waals surface area contributed by atoms with E-state index >= 15 is 0 Å². The summed E-state index contributed by atoms with van der Waals surface area (Å²) in [5, 5.41) is 10.2. The molecule has 23 heavy (non-hydrogen) atoms. The van der Waals surface area contributed by atoms with E-state index in [9.17, 15) is 14.7 Å². The molecule has 1 atom stereocenters. The summed E-state index contributed by atoms with van der Waals surface area (Å²) in [5.41, 5.74) is 0.143. The summed E-state index contributed by atoms with van der Waals surface area (Å²) in [6.45, 7) is 4.76. The standard InChI is InChI=1S/C17H24N2O4/c1-11(2)15(20)13-14(12-7-5-10-23-12)19(17(22)16(13)21)9-6-8-18(3)4/h5,7,10-11,14,21H,6,8-9H2,1-4H3. The fourth-order valence-corrected chi connectivity index (χ4v) is 2.75. The van der Waals surface area contributed by atoms with Crippen LogP contribution in [-0.2, 0) is 9.59 Å². The van der Waals surface area contributed by atoms with Crippen molar-refractivity contribution in [2.24, 2.45) is 5.92 Å².